The number of fused-ring (bicyclic) bond motifs is 1. The Morgan fingerprint density at radius 1 is 1.45 bits per heavy atom. The van der Waals surface area contributed by atoms with E-state index in [-0.39, 0.29) is 5.91 Å². The first-order valence-corrected chi connectivity index (χ1v) is 7.78. The Balaban J connectivity index is 1.69. The third-order valence-corrected chi connectivity index (χ3v) is 4.62. The highest BCUT2D eigenvalue weighted by molar-refractivity contribution is 7.98. The zero-order valence-electron chi connectivity index (χ0n) is 10.4. The zero-order chi connectivity index (χ0) is 13.9. The fourth-order valence-corrected chi connectivity index (χ4v) is 3.48. The Morgan fingerprint density at radius 2 is 2.30 bits per heavy atom. The van der Waals surface area contributed by atoms with Gasteiger partial charge in [0.15, 0.2) is 5.01 Å². The SMILES string of the molecule is NNC(=O)c1nc(CSc2cc3ccccc3[nH]2)cs1. The van der Waals surface area contributed by atoms with E-state index in [0.717, 1.165) is 16.2 Å². The van der Waals surface area contributed by atoms with Crippen LogP contribution in [0.4, 0.5) is 0 Å². The molecule has 0 bridgehead atoms. The molecule has 102 valence electrons. The molecule has 0 spiro atoms. The van der Waals surface area contributed by atoms with Crippen LogP contribution in [0.3, 0.4) is 0 Å². The first-order chi connectivity index (χ1) is 9.76. The highest BCUT2D eigenvalue weighted by Crippen LogP contribution is 2.26. The van der Waals surface area contributed by atoms with Gasteiger partial charge in [-0.05, 0) is 12.1 Å². The quantitative estimate of drug-likeness (QED) is 0.299. The number of aromatic amines is 1. The van der Waals surface area contributed by atoms with Crippen LogP contribution in [-0.4, -0.2) is 15.9 Å². The van der Waals surface area contributed by atoms with Gasteiger partial charge in [-0.25, -0.2) is 10.8 Å². The molecule has 20 heavy (non-hydrogen) atoms. The summed E-state index contributed by atoms with van der Waals surface area (Å²) in [4.78, 5) is 18.9. The molecule has 0 aliphatic heterocycles. The molecule has 0 saturated heterocycles. The van der Waals surface area contributed by atoms with Gasteiger partial charge < -0.3 is 4.98 Å². The molecule has 0 radical (unpaired) electrons. The molecule has 1 amide bonds. The highest BCUT2D eigenvalue weighted by Gasteiger charge is 2.10. The van der Waals surface area contributed by atoms with Crippen molar-refractivity contribution in [2.75, 3.05) is 0 Å². The van der Waals surface area contributed by atoms with Crippen molar-refractivity contribution in [3.05, 3.63) is 46.4 Å². The number of thioether (sulfide) groups is 1. The fraction of sp³-hybridized carbons (Fsp3) is 0.0769. The number of aromatic nitrogens is 2. The predicted octanol–water partition coefficient (Wildman–Crippen LogP) is 2.52. The molecule has 1 aromatic carbocycles. The summed E-state index contributed by atoms with van der Waals surface area (Å²) in [6.07, 6.45) is 0. The molecule has 3 rings (SSSR count). The van der Waals surface area contributed by atoms with E-state index in [1.807, 2.05) is 23.6 Å². The summed E-state index contributed by atoms with van der Waals surface area (Å²) in [5.74, 6) is 5.44. The van der Waals surface area contributed by atoms with Crippen LogP contribution in [0.15, 0.2) is 40.7 Å². The standard InChI is InChI=1S/C13H12N4OS2/c14-17-12(18)13-15-9(7-20-13)6-19-11-5-8-3-1-2-4-10(8)16-11/h1-5,7,16H,6,14H2,(H,17,18). The molecule has 0 fully saturated rings. The summed E-state index contributed by atoms with van der Waals surface area (Å²) >= 11 is 2.95. The molecule has 4 N–H and O–H groups in total. The molecular weight excluding hydrogens is 292 g/mol. The lowest BCUT2D eigenvalue weighted by atomic mass is 10.3. The van der Waals surface area contributed by atoms with Gasteiger partial charge in [-0.2, -0.15) is 0 Å². The lowest BCUT2D eigenvalue weighted by Crippen LogP contribution is -2.29. The molecule has 3 aromatic rings. The zero-order valence-corrected chi connectivity index (χ0v) is 12.1. The number of nitrogens with zero attached hydrogens (tertiary/aromatic N) is 1. The Labute approximate surface area is 123 Å². The monoisotopic (exact) mass is 304 g/mol. The van der Waals surface area contributed by atoms with Crippen LogP contribution in [0.2, 0.25) is 0 Å². The Bertz CT molecular complexity index is 717. The minimum absolute atomic E-state index is 0.350. The van der Waals surface area contributed by atoms with Gasteiger partial charge in [0.25, 0.3) is 5.91 Å². The number of nitrogens with one attached hydrogen (secondary N) is 2. The topological polar surface area (TPSA) is 83.8 Å². The van der Waals surface area contributed by atoms with E-state index in [1.165, 1.54) is 16.7 Å². The molecule has 2 aromatic heterocycles. The van der Waals surface area contributed by atoms with E-state index in [9.17, 15) is 4.79 Å². The van der Waals surface area contributed by atoms with Crippen LogP contribution in [-0.2, 0) is 5.75 Å². The van der Waals surface area contributed by atoms with E-state index >= 15 is 0 Å². The van der Waals surface area contributed by atoms with Crippen molar-refractivity contribution in [3.63, 3.8) is 0 Å². The van der Waals surface area contributed by atoms with E-state index in [2.05, 4.69) is 27.5 Å². The van der Waals surface area contributed by atoms with Gasteiger partial charge in [0.2, 0.25) is 0 Å². The van der Waals surface area contributed by atoms with Gasteiger partial charge >= 0.3 is 0 Å². The van der Waals surface area contributed by atoms with Crippen LogP contribution in [0.25, 0.3) is 10.9 Å². The number of thiazole rings is 1. The third kappa shape index (κ3) is 2.69. The van der Waals surface area contributed by atoms with Gasteiger partial charge in [0, 0.05) is 22.0 Å². The molecule has 7 heteroatoms. The second kappa shape index (κ2) is 5.66. The summed E-state index contributed by atoms with van der Waals surface area (Å²) in [6.45, 7) is 0. The number of hydrazine groups is 1. The number of amides is 1. The molecule has 0 aliphatic carbocycles. The van der Waals surface area contributed by atoms with Gasteiger partial charge in [0.1, 0.15) is 0 Å². The lowest BCUT2D eigenvalue weighted by molar-refractivity contribution is 0.0953. The number of benzene rings is 1. The molecule has 0 unspecified atom stereocenters. The number of carbonyl (C=O) groups excluding carboxylic acids is 1. The highest BCUT2D eigenvalue weighted by atomic mass is 32.2. The van der Waals surface area contributed by atoms with Crippen molar-refractivity contribution in [2.45, 2.75) is 10.8 Å². The van der Waals surface area contributed by atoms with Crippen LogP contribution < -0.4 is 11.3 Å². The van der Waals surface area contributed by atoms with E-state index < -0.39 is 0 Å². The van der Waals surface area contributed by atoms with Gasteiger partial charge in [0.05, 0.1) is 10.7 Å². The van der Waals surface area contributed by atoms with Crippen LogP contribution in [0.1, 0.15) is 15.5 Å². The minimum Gasteiger partial charge on any atom is -0.350 e. The number of hydrogen-bond acceptors (Lipinski definition) is 5. The van der Waals surface area contributed by atoms with Crippen molar-refractivity contribution < 1.29 is 4.79 Å². The van der Waals surface area contributed by atoms with Crippen molar-refractivity contribution in [1.29, 1.82) is 0 Å². The average molecular weight is 304 g/mol. The van der Waals surface area contributed by atoms with Crippen molar-refractivity contribution >= 4 is 39.9 Å². The van der Waals surface area contributed by atoms with Gasteiger partial charge in [-0.1, -0.05) is 18.2 Å². The lowest BCUT2D eigenvalue weighted by Gasteiger charge is -1.95. The number of carbonyl (C=O) groups is 1. The maximum atomic E-state index is 11.3. The molecule has 0 aliphatic rings. The van der Waals surface area contributed by atoms with Crippen LogP contribution >= 0.6 is 23.1 Å². The molecule has 2 heterocycles. The molecule has 0 atom stereocenters. The predicted molar refractivity (Wildman–Crippen MR) is 81.6 cm³/mol. The van der Waals surface area contributed by atoms with E-state index in [1.54, 1.807) is 11.8 Å². The summed E-state index contributed by atoms with van der Waals surface area (Å²) in [7, 11) is 0. The number of nitrogen functional groups attached to an aromatic ring is 1. The number of H-pyrrole nitrogens is 1. The second-order valence-electron chi connectivity index (χ2n) is 4.13. The van der Waals surface area contributed by atoms with Crippen LogP contribution in [0, 0.1) is 0 Å². The van der Waals surface area contributed by atoms with Gasteiger partial charge in [-0.3, -0.25) is 10.2 Å². The Kier molecular flexibility index (Phi) is 3.72. The maximum absolute atomic E-state index is 11.3. The van der Waals surface area contributed by atoms with E-state index in [0.29, 0.717) is 10.8 Å². The average Bonchev–Trinajstić information content (AvgIpc) is 3.10. The number of para-hydroxylation sites is 1. The first kappa shape index (κ1) is 13.2. The number of rotatable bonds is 4. The third-order valence-electron chi connectivity index (χ3n) is 2.76. The Morgan fingerprint density at radius 3 is 3.10 bits per heavy atom. The summed E-state index contributed by atoms with van der Waals surface area (Å²) in [6, 6.07) is 10.3. The fourth-order valence-electron chi connectivity index (χ4n) is 1.82. The largest absolute Gasteiger partial charge is 0.350 e. The number of nitrogens with two attached hydrogens (primary N) is 1. The first-order valence-electron chi connectivity index (χ1n) is 5.92. The summed E-state index contributed by atoms with van der Waals surface area (Å²) in [5.41, 5.74) is 4.08. The summed E-state index contributed by atoms with van der Waals surface area (Å²) < 4.78 is 0. The second-order valence-corrected chi connectivity index (χ2v) is 6.00. The van der Waals surface area contributed by atoms with Gasteiger partial charge in [-0.15, -0.1) is 23.1 Å². The van der Waals surface area contributed by atoms with Crippen LogP contribution in [0.5, 0.6) is 0 Å². The van der Waals surface area contributed by atoms with Crippen molar-refractivity contribution in [1.82, 2.24) is 15.4 Å². The molecule has 0 saturated carbocycles. The smallest absolute Gasteiger partial charge is 0.294 e. The summed E-state index contributed by atoms with van der Waals surface area (Å²) in [5, 5.41) is 4.54. The molecular formula is C13H12N4OS2. The number of hydrogen-bond donors (Lipinski definition) is 3. The normalized spacial score (nSPS) is 10.8. The minimum atomic E-state index is -0.350. The molecule has 5 nitrogen and oxygen atoms in total. The maximum Gasteiger partial charge on any atom is 0.294 e. The van der Waals surface area contributed by atoms with E-state index in [4.69, 9.17) is 5.84 Å². The van der Waals surface area contributed by atoms with Crippen molar-refractivity contribution in [3.8, 4) is 0 Å². The Hall–Kier alpha value is -1.83. The van der Waals surface area contributed by atoms with Crippen molar-refractivity contribution in [2.24, 2.45) is 5.84 Å².